The molecular weight excluding hydrogens is 454 g/mol. The number of hydrogen-bond acceptors (Lipinski definition) is 4. The smallest absolute Gasteiger partial charge is 0.330 e. The van der Waals surface area contributed by atoms with E-state index in [-0.39, 0.29) is 5.97 Å². The Morgan fingerprint density at radius 1 is 1.29 bits per heavy atom. The van der Waals surface area contributed by atoms with Gasteiger partial charge in [0.15, 0.2) is 0 Å². The fourth-order valence-electron chi connectivity index (χ4n) is 4.34. The van der Waals surface area contributed by atoms with Gasteiger partial charge in [0.05, 0.1) is 18.7 Å². The van der Waals surface area contributed by atoms with Crippen LogP contribution in [-0.4, -0.2) is 34.4 Å². The molecule has 0 unspecified atom stereocenters. The molecule has 4 rings (SSSR count). The van der Waals surface area contributed by atoms with Crippen molar-refractivity contribution in [2.45, 2.75) is 26.1 Å². The summed E-state index contributed by atoms with van der Waals surface area (Å²) in [6.45, 7) is 3.47. The SMILES string of the molecule is COC(=O)/C=C/c1ccc2c(c1)c1c(n2CCBr)CCN(Cc2ccccc2C#N)C1. The zero-order valence-electron chi connectivity index (χ0n) is 17.5. The molecule has 3 aromatic rings. The Kier molecular flexibility index (Phi) is 6.55. The summed E-state index contributed by atoms with van der Waals surface area (Å²) < 4.78 is 7.12. The van der Waals surface area contributed by atoms with Gasteiger partial charge < -0.3 is 9.30 Å². The first-order valence-corrected chi connectivity index (χ1v) is 11.4. The van der Waals surface area contributed by atoms with Crippen LogP contribution in [0.3, 0.4) is 0 Å². The van der Waals surface area contributed by atoms with Crippen molar-refractivity contribution in [1.29, 1.82) is 5.26 Å². The third kappa shape index (κ3) is 4.43. The predicted octanol–water partition coefficient (Wildman–Crippen LogP) is 4.65. The van der Waals surface area contributed by atoms with Crippen molar-refractivity contribution in [1.82, 2.24) is 9.47 Å². The number of ether oxygens (including phenoxy) is 1. The van der Waals surface area contributed by atoms with Gasteiger partial charge in [0.2, 0.25) is 0 Å². The lowest BCUT2D eigenvalue weighted by atomic mass is 10.0. The first-order chi connectivity index (χ1) is 15.1. The Balaban J connectivity index is 1.70. The highest BCUT2D eigenvalue weighted by molar-refractivity contribution is 9.09. The van der Waals surface area contributed by atoms with E-state index in [1.807, 2.05) is 30.3 Å². The second kappa shape index (κ2) is 9.51. The molecule has 0 N–H and O–H groups in total. The van der Waals surface area contributed by atoms with Crippen LogP contribution in [-0.2, 0) is 35.6 Å². The number of rotatable bonds is 6. The van der Waals surface area contributed by atoms with Crippen molar-refractivity contribution in [2.75, 3.05) is 19.0 Å². The number of hydrogen-bond donors (Lipinski definition) is 0. The van der Waals surface area contributed by atoms with Crippen LogP contribution in [0.4, 0.5) is 0 Å². The summed E-state index contributed by atoms with van der Waals surface area (Å²) in [6, 6.07) is 16.5. The maximum Gasteiger partial charge on any atom is 0.330 e. The fourth-order valence-corrected chi connectivity index (χ4v) is 4.70. The second-order valence-corrected chi connectivity index (χ2v) is 8.42. The van der Waals surface area contributed by atoms with Gasteiger partial charge in [-0.15, -0.1) is 0 Å². The number of methoxy groups -OCH3 is 1. The Hall–Kier alpha value is -2.88. The van der Waals surface area contributed by atoms with Crippen LogP contribution in [0, 0.1) is 11.3 Å². The van der Waals surface area contributed by atoms with E-state index in [0.29, 0.717) is 0 Å². The molecule has 0 radical (unpaired) electrons. The third-order valence-corrected chi connectivity index (χ3v) is 6.16. The maximum absolute atomic E-state index is 11.5. The Morgan fingerprint density at radius 2 is 2.13 bits per heavy atom. The zero-order chi connectivity index (χ0) is 21.8. The van der Waals surface area contributed by atoms with E-state index >= 15 is 0 Å². The minimum atomic E-state index is -0.360. The summed E-state index contributed by atoms with van der Waals surface area (Å²) in [4.78, 5) is 13.9. The minimum Gasteiger partial charge on any atom is -0.466 e. The van der Waals surface area contributed by atoms with E-state index < -0.39 is 0 Å². The average Bonchev–Trinajstić information content (AvgIpc) is 3.10. The quantitative estimate of drug-likeness (QED) is 0.294. The Bertz CT molecular complexity index is 1190. The van der Waals surface area contributed by atoms with Crippen LogP contribution in [0.2, 0.25) is 0 Å². The highest BCUT2D eigenvalue weighted by atomic mass is 79.9. The van der Waals surface area contributed by atoms with Gasteiger partial charge in [0.1, 0.15) is 0 Å². The first-order valence-electron chi connectivity index (χ1n) is 10.3. The fraction of sp³-hybridized carbons (Fsp3) is 0.280. The van der Waals surface area contributed by atoms with Crippen LogP contribution in [0.15, 0.2) is 48.5 Å². The van der Waals surface area contributed by atoms with Gasteiger partial charge in [-0.2, -0.15) is 5.26 Å². The van der Waals surface area contributed by atoms with Crippen molar-refractivity contribution >= 4 is 38.9 Å². The maximum atomic E-state index is 11.5. The summed E-state index contributed by atoms with van der Waals surface area (Å²) >= 11 is 3.60. The first kappa shape index (κ1) is 21.4. The van der Waals surface area contributed by atoms with Gasteiger partial charge in [0.25, 0.3) is 0 Å². The lowest BCUT2D eigenvalue weighted by Gasteiger charge is -2.28. The molecule has 5 nitrogen and oxygen atoms in total. The predicted molar refractivity (Wildman–Crippen MR) is 126 cm³/mol. The molecule has 0 atom stereocenters. The van der Waals surface area contributed by atoms with Gasteiger partial charge in [-0.25, -0.2) is 4.79 Å². The molecule has 158 valence electrons. The normalized spacial score (nSPS) is 14.0. The Morgan fingerprint density at radius 3 is 2.90 bits per heavy atom. The van der Waals surface area contributed by atoms with Gasteiger partial charge in [-0.1, -0.05) is 40.2 Å². The number of aromatic nitrogens is 1. The van der Waals surface area contributed by atoms with Gasteiger partial charge in [0, 0.05) is 60.6 Å². The van der Waals surface area contributed by atoms with E-state index in [9.17, 15) is 10.1 Å². The van der Waals surface area contributed by atoms with E-state index in [1.54, 1.807) is 6.08 Å². The minimum absolute atomic E-state index is 0.360. The van der Waals surface area contributed by atoms with Crippen LogP contribution in [0.5, 0.6) is 0 Å². The van der Waals surface area contributed by atoms with E-state index in [2.05, 4.69) is 43.6 Å². The van der Waals surface area contributed by atoms with Crippen LogP contribution < -0.4 is 0 Å². The molecule has 2 aromatic carbocycles. The van der Waals surface area contributed by atoms with Gasteiger partial charge in [-0.05, 0) is 41.0 Å². The van der Waals surface area contributed by atoms with Crippen LogP contribution >= 0.6 is 15.9 Å². The molecule has 6 heteroatoms. The van der Waals surface area contributed by atoms with E-state index in [1.165, 1.54) is 35.3 Å². The molecule has 0 amide bonds. The number of carbonyl (C=O) groups excluding carboxylic acids is 1. The van der Waals surface area contributed by atoms with Crippen molar-refractivity contribution in [3.05, 3.63) is 76.5 Å². The molecular formula is C25H24BrN3O2. The number of fused-ring (bicyclic) bond motifs is 3. The summed E-state index contributed by atoms with van der Waals surface area (Å²) in [6.07, 6.45) is 4.22. The number of benzene rings is 2. The Labute approximate surface area is 190 Å². The molecule has 0 fully saturated rings. The number of esters is 1. The largest absolute Gasteiger partial charge is 0.466 e. The summed E-state index contributed by atoms with van der Waals surface area (Å²) in [7, 11) is 1.38. The third-order valence-electron chi connectivity index (χ3n) is 5.81. The number of aryl methyl sites for hydroxylation is 1. The lowest BCUT2D eigenvalue weighted by Crippen LogP contribution is -2.31. The van der Waals surface area contributed by atoms with E-state index in [0.717, 1.165) is 54.6 Å². The number of carbonyl (C=O) groups is 1. The zero-order valence-corrected chi connectivity index (χ0v) is 19.1. The number of nitriles is 1. The molecule has 0 aliphatic carbocycles. The van der Waals surface area contributed by atoms with Crippen molar-refractivity contribution < 1.29 is 9.53 Å². The summed E-state index contributed by atoms with van der Waals surface area (Å²) in [5.74, 6) is -0.360. The molecule has 0 saturated heterocycles. The molecule has 31 heavy (non-hydrogen) atoms. The second-order valence-electron chi connectivity index (χ2n) is 7.63. The lowest BCUT2D eigenvalue weighted by molar-refractivity contribution is -0.134. The van der Waals surface area contributed by atoms with Crippen molar-refractivity contribution in [2.24, 2.45) is 0 Å². The molecule has 1 aliphatic rings. The molecule has 0 bridgehead atoms. The number of halogens is 1. The van der Waals surface area contributed by atoms with Crippen molar-refractivity contribution in [3.8, 4) is 6.07 Å². The topological polar surface area (TPSA) is 58.3 Å². The molecule has 1 aromatic heterocycles. The van der Waals surface area contributed by atoms with E-state index in [4.69, 9.17) is 4.74 Å². The summed E-state index contributed by atoms with van der Waals surface area (Å²) in [5, 5.41) is 11.6. The molecule has 1 aliphatic heterocycles. The molecule has 0 spiro atoms. The standard InChI is InChI=1S/C25H24BrN3O2/c1-31-25(30)9-7-18-6-8-23-21(14-18)22-17-28(12-10-24(22)29(23)13-11-26)16-20-5-3-2-4-19(20)15-27/h2-9,14H,10-13,16-17H2,1H3/b9-7+. The van der Waals surface area contributed by atoms with Crippen LogP contribution in [0.25, 0.3) is 17.0 Å². The van der Waals surface area contributed by atoms with Gasteiger partial charge >= 0.3 is 5.97 Å². The van der Waals surface area contributed by atoms with Crippen molar-refractivity contribution in [3.63, 3.8) is 0 Å². The van der Waals surface area contributed by atoms with Crippen LogP contribution in [0.1, 0.15) is 27.9 Å². The highest BCUT2D eigenvalue weighted by Gasteiger charge is 2.24. The molecule has 2 heterocycles. The molecule has 0 saturated carbocycles. The highest BCUT2D eigenvalue weighted by Crippen LogP contribution is 2.33. The number of alkyl halides is 1. The summed E-state index contributed by atoms with van der Waals surface area (Å²) in [5.41, 5.74) is 6.73. The monoisotopic (exact) mass is 477 g/mol. The number of nitrogens with zero attached hydrogens (tertiary/aromatic N) is 3. The average molecular weight is 478 g/mol. The van der Waals surface area contributed by atoms with Gasteiger partial charge in [-0.3, -0.25) is 4.90 Å².